The van der Waals surface area contributed by atoms with Gasteiger partial charge in [-0.2, -0.15) is 5.10 Å². The number of aldehydes is 1. The number of benzene rings is 2. The van der Waals surface area contributed by atoms with Crippen molar-refractivity contribution in [2.45, 2.75) is 6.92 Å². The van der Waals surface area contributed by atoms with Gasteiger partial charge in [-0.3, -0.25) is 4.79 Å². The van der Waals surface area contributed by atoms with Crippen LogP contribution < -0.4 is 10.4 Å². The Bertz CT molecular complexity index is 1210. The molecule has 0 atom stereocenters. The number of aromatic nitrogens is 2. The molecule has 0 aliphatic carbocycles. The van der Waals surface area contributed by atoms with Crippen LogP contribution in [-0.4, -0.2) is 23.2 Å². The lowest BCUT2D eigenvalue weighted by Crippen LogP contribution is -2.01. The minimum absolute atomic E-state index is 0.348. The van der Waals surface area contributed by atoms with Crippen LogP contribution in [0.25, 0.3) is 27.9 Å². The first kappa shape index (κ1) is 16.8. The Morgan fingerprint density at radius 3 is 2.63 bits per heavy atom. The fourth-order valence-corrected chi connectivity index (χ4v) is 3.14. The van der Waals surface area contributed by atoms with E-state index in [0.717, 1.165) is 22.9 Å². The maximum atomic E-state index is 12.0. The van der Waals surface area contributed by atoms with Crippen LogP contribution in [-0.2, 0) is 0 Å². The number of fused-ring (bicyclic) bond motifs is 1. The highest BCUT2D eigenvalue weighted by atomic mass is 16.5. The van der Waals surface area contributed by atoms with Crippen LogP contribution in [0.3, 0.4) is 0 Å². The second kappa shape index (κ2) is 6.57. The summed E-state index contributed by atoms with van der Waals surface area (Å²) in [7, 11) is 1.52. The number of methoxy groups -OCH3 is 1. The Balaban J connectivity index is 2.06. The van der Waals surface area contributed by atoms with Crippen molar-refractivity contribution in [2.75, 3.05) is 7.11 Å². The van der Waals surface area contributed by atoms with Crippen LogP contribution in [0, 0.1) is 6.92 Å². The molecular formula is C21H16N2O4. The third-order valence-corrected chi connectivity index (χ3v) is 4.43. The molecule has 0 saturated carbocycles. The van der Waals surface area contributed by atoms with Crippen LogP contribution in [0.4, 0.5) is 0 Å². The lowest BCUT2D eigenvalue weighted by Gasteiger charge is -2.10. The number of rotatable bonds is 4. The van der Waals surface area contributed by atoms with Gasteiger partial charge in [0.1, 0.15) is 11.4 Å². The van der Waals surface area contributed by atoms with Gasteiger partial charge >= 0.3 is 5.63 Å². The molecule has 6 nitrogen and oxygen atoms in total. The Morgan fingerprint density at radius 1 is 1.15 bits per heavy atom. The van der Waals surface area contributed by atoms with E-state index in [-0.39, 0.29) is 0 Å². The number of hydrogen-bond donors (Lipinski definition) is 0. The minimum Gasteiger partial charge on any atom is -0.496 e. The van der Waals surface area contributed by atoms with E-state index >= 15 is 0 Å². The zero-order valence-corrected chi connectivity index (χ0v) is 14.8. The van der Waals surface area contributed by atoms with E-state index in [1.807, 2.05) is 43.3 Å². The van der Waals surface area contributed by atoms with Gasteiger partial charge in [-0.25, -0.2) is 9.48 Å². The Hall–Kier alpha value is -3.67. The molecule has 0 spiro atoms. The van der Waals surface area contributed by atoms with E-state index in [9.17, 15) is 9.59 Å². The second-order valence-corrected chi connectivity index (χ2v) is 6.10. The second-order valence-electron chi connectivity index (χ2n) is 6.10. The maximum Gasteiger partial charge on any atom is 0.336 e. The summed E-state index contributed by atoms with van der Waals surface area (Å²) in [5, 5.41) is 5.34. The van der Waals surface area contributed by atoms with Crippen LogP contribution >= 0.6 is 0 Å². The van der Waals surface area contributed by atoms with Crippen LogP contribution in [0.5, 0.6) is 5.75 Å². The monoisotopic (exact) mass is 360 g/mol. The Kier molecular flexibility index (Phi) is 4.08. The lowest BCUT2D eigenvalue weighted by atomic mass is 10.0. The molecule has 27 heavy (non-hydrogen) atoms. The number of carbonyl (C=O) groups excluding carboxylic acids is 1. The first-order valence-electron chi connectivity index (χ1n) is 8.34. The summed E-state index contributed by atoms with van der Waals surface area (Å²) in [4.78, 5) is 23.7. The number of nitrogens with zero attached hydrogens (tertiary/aromatic N) is 2. The average molecular weight is 360 g/mol. The van der Waals surface area contributed by atoms with Crippen molar-refractivity contribution in [1.29, 1.82) is 0 Å². The summed E-state index contributed by atoms with van der Waals surface area (Å²) in [6.07, 6.45) is 2.37. The minimum atomic E-state index is -0.468. The van der Waals surface area contributed by atoms with Gasteiger partial charge in [0, 0.05) is 17.6 Å². The molecule has 0 aliphatic heterocycles. The number of aryl methyl sites for hydroxylation is 1. The van der Waals surface area contributed by atoms with E-state index in [1.165, 1.54) is 13.2 Å². The fraction of sp³-hybridized carbons (Fsp3) is 0.0952. The van der Waals surface area contributed by atoms with Crippen molar-refractivity contribution in [3.63, 3.8) is 0 Å². The van der Waals surface area contributed by atoms with Gasteiger partial charge in [-0.1, -0.05) is 18.2 Å². The summed E-state index contributed by atoms with van der Waals surface area (Å²) in [6, 6.07) is 14.5. The Labute approximate surface area is 154 Å². The van der Waals surface area contributed by atoms with Crippen molar-refractivity contribution in [3.8, 4) is 22.7 Å². The molecule has 134 valence electrons. The smallest absolute Gasteiger partial charge is 0.336 e. The third-order valence-electron chi connectivity index (χ3n) is 4.43. The summed E-state index contributed by atoms with van der Waals surface area (Å²) in [5.41, 5.74) is 2.71. The SMILES string of the molecule is COc1ccc2c(C)cc(=O)oc2c1-c1nn(-c2ccccc2)cc1C=O. The molecule has 4 rings (SSSR count). The lowest BCUT2D eigenvalue weighted by molar-refractivity contribution is 0.112. The van der Waals surface area contributed by atoms with Crippen molar-refractivity contribution in [3.05, 3.63) is 76.3 Å². The van der Waals surface area contributed by atoms with E-state index < -0.39 is 5.63 Å². The number of para-hydroxylation sites is 1. The van der Waals surface area contributed by atoms with Gasteiger partial charge in [0.25, 0.3) is 0 Å². The van der Waals surface area contributed by atoms with E-state index in [0.29, 0.717) is 28.2 Å². The van der Waals surface area contributed by atoms with E-state index in [4.69, 9.17) is 9.15 Å². The van der Waals surface area contributed by atoms with Gasteiger partial charge in [0.05, 0.1) is 23.9 Å². The molecule has 0 aliphatic rings. The van der Waals surface area contributed by atoms with Gasteiger partial charge in [0.2, 0.25) is 0 Å². The fourth-order valence-electron chi connectivity index (χ4n) is 3.14. The van der Waals surface area contributed by atoms with E-state index in [1.54, 1.807) is 16.9 Å². The zero-order valence-electron chi connectivity index (χ0n) is 14.8. The number of hydrogen-bond acceptors (Lipinski definition) is 5. The molecule has 2 aromatic heterocycles. The molecular weight excluding hydrogens is 344 g/mol. The van der Waals surface area contributed by atoms with Crippen LogP contribution in [0.15, 0.2) is 63.9 Å². The molecule has 4 aromatic rings. The molecule has 0 bridgehead atoms. The van der Waals surface area contributed by atoms with E-state index in [2.05, 4.69) is 5.10 Å². The standard InChI is InChI=1S/C21H16N2O4/c1-13-10-18(25)27-21-16(13)8-9-17(26-2)19(21)20-14(12-24)11-23(22-20)15-6-4-3-5-7-15/h3-12H,1-2H3. The van der Waals surface area contributed by atoms with Crippen molar-refractivity contribution < 1.29 is 13.9 Å². The highest BCUT2D eigenvalue weighted by Crippen LogP contribution is 2.38. The highest BCUT2D eigenvalue weighted by molar-refractivity contribution is 6.00. The molecule has 0 fully saturated rings. The molecule has 6 heteroatoms. The normalized spacial score (nSPS) is 10.9. The summed E-state index contributed by atoms with van der Waals surface area (Å²) in [5.74, 6) is 0.470. The van der Waals surface area contributed by atoms with Crippen LogP contribution in [0.1, 0.15) is 15.9 Å². The summed E-state index contributed by atoms with van der Waals surface area (Å²) in [6.45, 7) is 1.83. The highest BCUT2D eigenvalue weighted by Gasteiger charge is 2.21. The molecule has 2 aromatic carbocycles. The topological polar surface area (TPSA) is 74.3 Å². The predicted molar refractivity (Wildman–Crippen MR) is 102 cm³/mol. The molecule has 0 radical (unpaired) electrons. The Morgan fingerprint density at radius 2 is 1.93 bits per heavy atom. The van der Waals surface area contributed by atoms with Crippen LogP contribution in [0.2, 0.25) is 0 Å². The summed E-state index contributed by atoms with van der Waals surface area (Å²) >= 11 is 0. The number of ether oxygens (including phenoxy) is 1. The van der Waals surface area contributed by atoms with Gasteiger partial charge in [0.15, 0.2) is 11.9 Å². The number of carbonyl (C=O) groups is 1. The van der Waals surface area contributed by atoms with Crippen molar-refractivity contribution in [1.82, 2.24) is 9.78 Å². The van der Waals surface area contributed by atoms with Crippen molar-refractivity contribution >= 4 is 17.3 Å². The molecule has 0 N–H and O–H groups in total. The first-order valence-corrected chi connectivity index (χ1v) is 8.34. The molecule has 0 unspecified atom stereocenters. The summed E-state index contributed by atoms with van der Waals surface area (Å²) < 4.78 is 12.6. The average Bonchev–Trinajstić information content (AvgIpc) is 3.11. The van der Waals surface area contributed by atoms with Crippen molar-refractivity contribution in [2.24, 2.45) is 0 Å². The predicted octanol–water partition coefficient (Wildman–Crippen LogP) is 3.78. The van der Waals surface area contributed by atoms with Gasteiger partial charge in [-0.15, -0.1) is 0 Å². The quantitative estimate of drug-likeness (QED) is 0.409. The first-order chi connectivity index (χ1) is 13.1. The molecule has 0 amide bonds. The molecule has 2 heterocycles. The molecule has 0 saturated heterocycles. The third kappa shape index (κ3) is 2.81. The largest absolute Gasteiger partial charge is 0.496 e. The van der Waals surface area contributed by atoms with Gasteiger partial charge < -0.3 is 9.15 Å². The maximum absolute atomic E-state index is 12.0. The zero-order chi connectivity index (χ0) is 19.0. The van der Waals surface area contributed by atoms with Gasteiger partial charge in [-0.05, 0) is 36.8 Å².